The molecular formula is C22H28N2O3. The lowest BCUT2D eigenvalue weighted by Crippen LogP contribution is -2.42. The van der Waals surface area contributed by atoms with Crippen molar-refractivity contribution in [2.75, 3.05) is 13.2 Å². The molecule has 0 radical (unpaired) electrons. The topological polar surface area (TPSA) is 51.7 Å². The molecule has 1 aliphatic heterocycles. The summed E-state index contributed by atoms with van der Waals surface area (Å²) in [5, 5.41) is 0. The fourth-order valence-electron chi connectivity index (χ4n) is 3.18. The highest BCUT2D eigenvalue weighted by atomic mass is 16.6. The van der Waals surface area contributed by atoms with Gasteiger partial charge >= 0.3 is 6.09 Å². The van der Waals surface area contributed by atoms with Gasteiger partial charge in [-0.15, -0.1) is 0 Å². The minimum Gasteiger partial charge on any atom is -0.475 e. The van der Waals surface area contributed by atoms with E-state index in [1.54, 1.807) is 4.90 Å². The first-order valence-electron chi connectivity index (χ1n) is 9.52. The fourth-order valence-corrected chi connectivity index (χ4v) is 3.18. The number of likely N-dealkylation sites (tertiary alicyclic amines) is 1. The molecule has 5 nitrogen and oxygen atoms in total. The Hall–Kier alpha value is -2.56. The minimum atomic E-state index is -0.485. The summed E-state index contributed by atoms with van der Waals surface area (Å²) in [6.45, 7) is 6.80. The number of carbonyl (C=O) groups excluding carboxylic acids is 1. The largest absolute Gasteiger partial charge is 0.475 e. The zero-order chi connectivity index (χ0) is 19.3. The molecule has 144 valence electrons. The number of aromatic nitrogens is 1. The maximum Gasteiger partial charge on any atom is 0.410 e. The molecule has 1 aliphatic rings. The summed E-state index contributed by atoms with van der Waals surface area (Å²) in [7, 11) is 0. The van der Waals surface area contributed by atoms with Gasteiger partial charge in [0, 0.05) is 18.8 Å². The van der Waals surface area contributed by atoms with E-state index in [0.29, 0.717) is 19.0 Å². The van der Waals surface area contributed by atoms with E-state index in [1.165, 1.54) is 5.56 Å². The predicted molar refractivity (Wildman–Crippen MR) is 105 cm³/mol. The van der Waals surface area contributed by atoms with Crippen molar-refractivity contribution in [3.8, 4) is 5.88 Å². The number of nitrogens with zero attached hydrogens (tertiary/aromatic N) is 2. The highest BCUT2D eigenvalue weighted by molar-refractivity contribution is 5.69. The van der Waals surface area contributed by atoms with Crippen LogP contribution >= 0.6 is 0 Å². The van der Waals surface area contributed by atoms with Crippen LogP contribution in [0.15, 0.2) is 48.7 Å². The Bertz CT molecular complexity index is 738. The van der Waals surface area contributed by atoms with Gasteiger partial charge in [-0.3, -0.25) is 0 Å². The fraction of sp³-hybridized carbons (Fsp3) is 0.455. The highest BCUT2D eigenvalue weighted by Crippen LogP contribution is 2.22. The van der Waals surface area contributed by atoms with Crippen LogP contribution in [0.1, 0.15) is 44.7 Å². The van der Waals surface area contributed by atoms with Gasteiger partial charge in [0.2, 0.25) is 5.88 Å². The van der Waals surface area contributed by atoms with E-state index < -0.39 is 5.60 Å². The molecule has 0 spiro atoms. The monoisotopic (exact) mass is 368 g/mol. The van der Waals surface area contributed by atoms with Gasteiger partial charge in [-0.2, -0.15) is 0 Å². The Balaban J connectivity index is 1.52. The van der Waals surface area contributed by atoms with Crippen LogP contribution < -0.4 is 4.74 Å². The average Bonchev–Trinajstić information content (AvgIpc) is 3.09. The van der Waals surface area contributed by atoms with E-state index in [2.05, 4.69) is 17.1 Å². The molecule has 1 saturated heterocycles. The Labute approximate surface area is 161 Å². The van der Waals surface area contributed by atoms with E-state index in [-0.39, 0.29) is 12.1 Å². The molecule has 1 atom stereocenters. The first kappa shape index (κ1) is 19.2. The number of carbonyl (C=O) groups is 1. The molecule has 1 amide bonds. The molecule has 0 aliphatic carbocycles. The number of benzene rings is 1. The lowest BCUT2D eigenvalue weighted by atomic mass is 10.1. The van der Waals surface area contributed by atoms with E-state index in [9.17, 15) is 4.79 Å². The van der Waals surface area contributed by atoms with Gasteiger partial charge in [-0.05, 0) is 51.2 Å². The van der Waals surface area contributed by atoms with Crippen LogP contribution in [0, 0.1) is 0 Å². The van der Waals surface area contributed by atoms with Crippen LogP contribution in [0.5, 0.6) is 5.88 Å². The summed E-state index contributed by atoms with van der Waals surface area (Å²) in [5.41, 5.74) is 1.91. The molecule has 27 heavy (non-hydrogen) atoms. The number of hydrogen-bond donors (Lipinski definition) is 0. The van der Waals surface area contributed by atoms with E-state index in [0.717, 1.165) is 24.8 Å². The number of rotatable bonds is 5. The normalized spacial score (nSPS) is 17.0. The number of ether oxygens (including phenoxy) is 2. The number of amides is 1. The van der Waals surface area contributed by atoms with Crippen molar-refractivity contribution in [2.24, 2.45) is 0 Å². The Morgan fingerprint density at radius 1 is 1.15 bits per heavy atom. The van der Waals surface area contributed by atoms with Crippen molar-refractivity contribution in [3.05, 3.63) is 59.8 Å². The van der Waals surface area contributed by atoms with E-state index in [4.69, 9.17) is 9.47 Å². The van der Waals surface area contributed by atoms with Gasteiger partial charge in [-0.1, -0.05) is 36.4 Å². The molecular weight excluding hydrogens is 340 g/mol. The van der Waals surface area contributed by atoms with Crippen LogP contribution in [0.25, 0.3) is 0 Å². The minimum absolute atomic E-state index is 0.0330. The Kier molecular flexibility index (Phi) is 5.99. The lowest BCUT2D eigenvalue weighted by molar-refractivity contribution is 0.0186. The zero-order valence-corrected chi connectivity index (χ0v) is 16.4. The summed E-state index contributed by atoms with van der Waals surface area (Å²) in [5.74, 6) is 0.586. The summed E-state index contributed by atoms with van der Waals surface area (Å²) in [6.07, 6.45) is 4.33. The quantitative estimate of drug-likeness (QED) is 0.782. The van der Waals surface area contributed by atoms with Crippen molar-refractivity contribution in [1.29, 1.82) is 0 Å². The molecule has 1 aromatic carbocycles. The van der Waals surface area contributed by atoms with Gasteiger partial charge < -0.3 is 14.4 Å². The molecule has 2 aromatic rings. The third kappa shape index (κ3) is 5.71. The van der Waals surface area contributed by atoms with Crippen LogP contribution in [-0.2, 0) is 11.2 Å². The smallest absolute Gasteiger partial charge is 0.410 e. The standard InChI is InChI=1S/C22H28N2O3/c1-22(2,3)27-21(25)24-13-7-10-19(24)16-26-20-12-11-18(15-23-20)14-17-8-5-4-6-9-17/h4-6,8-9,11-12,15,19H,7,10,13-14,16H2,1-3H3/t19-/m1/s1. The average molecular weight is 368 g/mol. The maximum atomic E-state index is 12.3. The molecule has 0 saturated carbocycles. The van der Waals surface area contributed by atoms with Crippen LogP contribution in [0.2, 0.25) is 0 Å². The molecule has 1 fully saturated rings. The summed E-state index contributed by atoms with van der Waals surface area (Å²) >= 11 is 0. The molecule has 5 heteroatoms. The van der Waals surface area contributed by atoms with Crippen molar-refractivity contribution in [3.63, 3.8) is 0 Å². The van der Waals surface area contributed by atoms with E-state index >= 15 is 0 Å². The van der Waals surface area contributed by atoms with Crippen molar-refractivity contribution < 1.29 is 14.3 Å². The van der Waals surface area contributed by atoms with Gasteiger partial charge in [0.15, 0.2) is 0 Å². The molecule has 0 unspecified atom stereocenters. The highest BCUT2D eigenvalue weighted by Gasteiger charge is 2.32. The summed E-state index contributed by atoms with van der Waals surface area (Å²) in [4.78, 5) is 18.5. The summed E-state index contributed by atoms with van der Waals surface area (Å²) < 4.78 is 11.3. The van der Waals surface area contributed by atoms with Gasteiger partial charge in [0.1, 0.15) is 12.2 Å². The van der Waals surface area contributed by atoms with Crippen molar-refractivity contribution in [1.82, 2.24) is 9.88 Å². The van der Waals surface area contributed by atoms with Gasteiger partial charge in [-0.25, -0.2) is 9.78 Å². The van der Waals surface area contributed by atoms with Gasteiger partial charge in [0.05, 0.1) is 6.04 Å². The summed E-state index contributed by atoms with van der Waals surface area (Å²) in [6, 6.07) is 14.3. The second-order valence-corrected chi connectivity index (χ2v) is 7.95. The van der Waals surface area contributed by atoms with Crippen molar-refractivity contribution >= 4 is 6.09 Å². The molecule has 2 heterocycles. The third-order valence-corrected chi connectivity index (χ3v) is 4.48. The molecule has 0 bridgehead atoms. The first-order chi connectivity index (χ1) is 12.9. The first-order valence-corrected chi connectivity index (χ1v) is 9.52. The maximum absolute atomic E-state index is 12.3. The van der Waals surface area contributed by atoms with Crippen LogP contribution in [0.3, 0.4) is 0 Å². The number of pyridine rings is 1. The van der Waals surface area contributed by atoms with E-state index in [1.807, 2.05) is 57.3 Å². The number of hydrogen-bond acceptors (Lipinski definition) is 4. The predicted octanol–water partition coefficient (Wildman–Crippen LogP) is 4.45. The van der Waals surface area contributed by atoms with Gasteiger partial charge in [0.25, 0.3) is 0 Å². The Morgan fingerprint density at radius 2 is 1.93 bits per heavy atom. The third-order valence-electron chi connectivity index (χ3n) is 4.48. The Morgan fingerprint density at radius 3 is 2.59 bits per heavy atom. The SMILES string of the molecule is CC(C)(C)OC(=O)N1CCC[C@@H]1COc1ccc(Cc2ccccc2)cn1. The van der Waals surface area contributed by atoms with Crippen LogP contribution in [-0.4, -0.2) is 40.8 Å². The second kappa shape index (κ2) is 8.42. The lowest BCUT2D eigenvalue weighted by Gasteiger charge is -2.28. The molecule has 0 N–H and O–H groups in total. The zero-order valence-electron chi connectivity index (χ0n) is 16.4. The van der Waals surface area contributed by atoms with Crippen LogP contribution in [0.4, 0.5) is 4.79 Å². The molecule has 1 aromatic heterocycles. The molecule has 3 rings (SSSR count). The second-order valence-electron chi connectivity index (χ2n) is 7.95. The van der Waals surface area contributed by atoms with Crippen molar-refractivity contribution in [2.45, 2.75) is 51.7 Å².